The fourth-order valence-electron chi connectivity index (χ4n) is 2.26. The van der Waals surface area contributed by atoms with Crippen LogP contribution in [0.4, 0.5) is 5.13 Å². The SMILES string of the molecule is CC(C)CCCC(C)NC(=O)CSc1nnc(NCc2ccco2)s1. The van der Waals surface area contributed by atoms with Gasteiger partial charge >= 0.3 is 0 Å². The smallest absolute Gasteiger partial charge is 0.230 e. The molecule has 2 aromatic rings. The van der Waals surface area contributed by atoms with Crippen LogP contribution in [0.3, 0.4) is 0 Å². The summed E-state index contributed by atoms with van der Waals surface area (Å²) in [6.45, 7) is 7.07. The molecule has 1 atom stereocenters. The van der Waals surface area contributed by atoms with Crippen molar-refractivity contribution in [2.24, 2.45) is 5.92 Å². The fourth-order valence-corrected chi connectivity index (χ4v) is 3.82. The van der Waals surface area contributed by atoms with E-state index in [-0.39, 0.29) is 11.9 Å². The summed E-state index contributed by atoms with van der Waals surface area (Å²) in [6.07, 6.45) is 5.01. The number of rotatable bonds is 11. The van der Waals surface area contributed by atoms with Crippen LogP contribution in [0.25, 0.3) is 0 Å². The van der Waals surface area contributed by atoms with Crippen molar-refractivity contribution in [1.82, 2.24) is 15.5 Å². The van der Waals surface area contributed by atoms with E-state index in [1.165, 1.54) is 29.5 Å². The van der Waals surface area contributed by atoms with E-state index in [1.807, 2.05) is 12.1 Å². The first-order valence-electron chi connectivity index (χ1n) is 8.55. The van der Waals surface area contributed by atoms with Crippen LogP contribution in [0, 0.1) is 5.92 Å². The van der Waals surface area contributed by atoms with E-state index in [2.05, 4.69) is 41.6 Å². The number of furan rings is 1. The van der Waals surface area contributed by atoms with Gasteiger partial charge in [0, 0.05) is 6.04 Å². The van der Waals surface area contributed by atoms with E-state index < -0.39 is 0 Å². The molecule has 25 heavy (non-hydrogen) atoms. The third kappa shape index (κ3) is 7.92. The number of carbonyl (C=O) groups is 1. The molecule has 0 aliphatic carbocycles. The molecular formula is C17H26N4O2S2. The number of nitrogens with one attached hydrogen (secondary N) is 2. The van der Waals surface area contributed by atoms with Crippen LogP contribution in [0.5, 0.6) is 0 Å². The van der Waals surface area contributed by atoms with Gasteiger partial charge in [-0.3, -0.25) is 4.79 Å². The molecule has 2 heterocycles. The predicted molar refractivity (Wildman–Crippen MR) is 103 cm³/mol. The molecular weight excluding hydrogens is 356 g/mol. The first-order chi connectivity index (χ1) is 12.0. The first kappa shape index (κ1) is 19.8. The lowest BCUT2D eigenvalue weighted by Gasteiger charge is -2.14. The van der Waals surface area contributed by atoms with E-state index in [1.54, 1.807) is 6.26 Å². The zero-order chi connectivity index (χ0) is 18.1. The van der Waals surface area contributed by atoms with E-state index >= 15 is 0 Å². The molecule has 0 spiro atoms. The summed E-state index contributed by atoms with van der Waals surface area (Å²) in [5.74, 6) is 1.96. The van der Waals surface area contributed by atoms with Gasteiger partial charge in [0.15, 0.2) is 4.34 Å². The maximum atomic E-state index is 12.0. The van der Waals surface area contributed by atoms with Gasteiger partial charge in [-0.25, -0.2) is 0 Å². The summed E-state index contributed by atoms with van der Waals surface area (Å²) in [6, 6.07) is 3.96. The number of hydrogen-bond donors (Lipinski definition) is 2. The number of carbonyl (C=O) groups excluding carboxylic acids is 1. The Morgan fingerprint density at radius 1 is 1.32 bits per heavy atom. The van der Waals surface area contributed by atoms with Crippen LogP contribution in [0.2, 0.25) is 0 Å². The highest BCUT2D eigenvalue weighted by Gasteiger charge is 2.11. The van der Waals surface area contributed by atoms with Crippen molar-refractivity contribution in [2.45, 2.75) is 57.0 Å². The highest BCUT2D eigenvalue weighted by atomic mass is 32.2. The maximum absolute atomic E-state index is 12.0. The molecule has 0 aliphatic rings. The molecule has 0 saturated carbocycles. The summed E-state index contributed by atoms with van der Waals surface area (Å²) >= 11 is 2.85. The molecule has 2 rings (SSSR count). The van der Waals surface area contributed by atoms with E-state index in [9.17, 15) is 4.79 Å². The molecule has 2 N–H and O–H groups in total. The lowest BCUT2D eigenvalue weighted by Crippen LogP contribution is -2.33. The van der Waals surface area contributed by atoms with Crippen molar-refractivity contribution >= 4 is 34.1 Å². The summed E-state index contributed by atoms with van der Waals surface area (Å²) in [5, 5.41) is 15.1. The maximum Gasteiger partial charge on any atom is 0.230 e. The topological polar surface area (TPSA) is 80.0 Å². The van der Waals surface area contributed by atoms with Gasteiger partial charge in [0.05, 0.1) is 18.6 Å². The van der Waals surface area contributed by atoms with Crippen LogP contribution in [0.1, 0.15) is 45.8 Å². The second-order valence-electron chi connectivity index (χ2n) is 6.39. The van der Waals surface area contributed by atoms with Crippen molar-refractivity contribution in [3.05, 3.63) is 24.2 Å². The zero-order valence-corrected chi connectivity index (χ0v) is 16.6. The van der Waals surface area contributed by atoms with Crippen LogP contribution >= 0.6 is 23.1 Å². The average molecular weight is 383 g/mol. The van der Waals surface area contributed by atoms with Gasteiger partial charge < -0.3 is 15.1 Å². The van der Waals surface area contributed by atoms with E-state index in [4.69, 9.17) is 4.42 Å². The fraction of sp³-hybridized carbons (Fsp3) is 0.588. The number of anilines is 1. The Morgan fingerprint density at radius 2 is 2.16 bits per heavy atom. The lowest BCUT2D eigenvalue weighted by atomic mass is 10.0. The Kier molecular flexibility index (Phi) is 8.27. The third-order valence-corrected chi connectivity index (χ3v) is 5.57. The lowest BCUT2D eigenvalue weighted by molar-refractivity contribution is -0.119. The van der Waals surface area contributed by atoms with Gasteiger partial charge in [-0.15, -0.1) is 10.2 Å². The Morgan fingerprint density at radius 3 is 2.88 bits per heavy atom. The standard InChI is InChI=1S/C17H26N4O2S2/c1-12(2)6-4-7-13(3)19-15(22)11-24-17-21-20-16(25-17)18-10-14-8-5-9-23-14/h5,8-9,12-13H,4,6-7,10-11H2,1-3H3,(H,18,20)(H,19,22). The van der Waals surface area contributed by atoms with Gasteiger partial charge in [0.2, 0.25) is 11.0 Å². The molecule has 0 bridgehead atoms. The van der Waals surface area contributed by atoms with Crippen molar-refractivity contribution in [3.63, 3.8) is 0 Å². The Hall–Kier alpha value is -1.54. The molecule has 0 radical (unpaired) electrons. The van der Waals surface area contributed by atoms with Crippen LogP contribution in [0.15, 0.2) is 27.2 Å². The van der Waals surface area contributed by atoms with Crippen molar-refractivity contribution in [1.29, 1.82) is 0 Å². The Bertz CT molecular complexity index is 628. The van der Waals surface area contributed by atoms with Gasteiger partial charge in [-0.05, 0) is 31.4 Å². The summed E-state index contributed by atoms with van der Waals surface area (Å²) in [4.78, 5) is 12.0. The highest BCUT2D eigenvalue weighted by molar-refractivity contribution is 8.01. The molecule has 1 unspecified atom stereocenters. The summed E-state index contributed by atoms with van der Waals surface area (Å²) in [5.41, 5.74) is 0. The third-order valence-electron chi connectivity index (χ3n) is 3.55. The molecule has 0 aliphatic heterocycles. The van der Waals surface area contributed by atoms with Crippen molar-refractivity contribution in [3.8, 4) is 0 Å². The van der Waals surface area contributed by atoms with Gasteiger partial charge in [-0.2, -0.15) is 0 Å². The van der Waals surface area contributed by atoms with Crippen LogP contribution in [-0.4, -0.2) is 27.9 Å². The Balaban J connectivity index is 1.64. The van der Waals surface area contributed by atoms with Crippen LogP contribution < -0.4 is 10.6 Å². The van der Waals surface area contributed by atoms with Crippen molar-refractivity contribution in [2.75, 3.05) is 11.1 Å². The summed E-state index contributed by atoms with van der Waals surface area (Å²) < 4.78 is 6.04. The van der Waals surface area contributed by atoms with Crippen molar-refractivity contribution < 1.29 is 9.21 Å². The van der Waals surface area contributed by atoms with Gasteiger partial charge in [-0.1, -0.05) is 49.8 Å². The van der Waals surface area contributed by atoms with Crippen LogP contribution in [-0.2, 0) is 11.3 Å². The second kappa shape index (κ2) is 10.5. The highest BCUT2D eigenvalue weighted by Crippen LogP contribution is 2.25. The minimum Gasteiger partial charge on any atom is -0.467 e. The minimum absolute atomic E-state index is 0.0438. The molecule has 0 saturated heterocycles. The molecule has 8 heteroatoms. The van der Waals surface area contributed by atoms with Gasteiger partial charge in [0.1, 0.15) is 5.76 Å². The number of nitrogens with zero attached hydrogens (tertiary/aromatic N) is 2. The second-order valence-corrected chi connectivity index (χ2v) is 8.59. The molecule has 2 aromatic heterocycles. The minimum atomic E-state index is 0.0438. The van der Waals surface area contributed by atoms with E-state index in [0.29, 0.717) is 18.2 Å². The summed E-state index contributed by atoms with van der Waals surface area (Å²) in [7, 11) is 0. The zero-order valence-electron chi connectivity index (χ0n) is 14.9. The number of aromatic nitrogens is 2. The number of hydrogen-bond acceptors (Lipinski definition) is 7. The first-order valence-corrected chi connectivity index (χ1v) is 10.3. The normalized spacial score (nSPS) is 12.3. The Labute approximate surface area is 157 Å². The quantitative estimate of drug-likeness (QED) is 0.568. The predicted octanol–water partition coefficient (Wildman–Crippen LogP) is 4.17. The van der Waals surface area contributed by atoms with Gasteiger partial charge in [0.25, 0.3) is 0 Å². The molecule has 6 nitrogen and oxygen atoms in total. The molecule has 0 aromatic carbocycles. The largest absolute Gasteiger partial charge is 0.467 e. The molecule has 0 fully saturated rings. The van der Waals surface area contributed by atoms with E-state index in [0.717, 1.165) is 28.1 Å². The average Bonchev–Trinajstić information content (AvgIpc) is 3.22. The number of thioether (sulfide) groups is 1. The monoisotopic (exact) mass is 382 g/mol. The molecule has 138 valence electrons. The number of amides is 1. The molecule has 1 amide bonds.